The predicted octanol–water partition coefficient (Wildman–Crippen LogP) is 2.76. The van der Waals surface area contributed by atoms with E-state index in [1.807, 2.05) is 37.3 Å². The molecule has 2 aromatic rings. The molecule has 2 rings (SSSR count). The summed E-state index contributed by atoms with van der Waals surface area (Å²) in [6, 6.07) is 13.4. The first kappa shape index (κ1) is 13.0. The Balaban J connectivity index is 2.33. The van der Waals surface area contributed by atoms with Gasteiger partial charge in [-0.1, -0.05) is 18.2 Å². The van der Waals surface area contributed by atoms with Crippen molar-refractivity contribution in [2.24, 2.45) is 0 Å². The molecule has 0 saturated carbocycles. The van der Waals surface area contributed by atoms with Crippen molar-refractivity contribution in [2.45, 2.75) is 6.92 Å². The molecule has 0 atom stereocenters. The quantitative estimate of drug-likeness (QED) is 0.831. The van der Waals surface area contributed by atoms with Crippen molar-refractivity contribution in [1.82, 2.24) is 0 Å². The summed E-state index contributed by atoms with van der Waals surface area (Å²) in [4.78, 5) is 14.0. The van der Waals surface area contributed by atoms with Gasteiger partial charge in [0.15, 0.2) is 11.5 Å². The number of hydrogen-bond acceptors (Lipinski definition) is 3. The first-order valence-electron chi connectivity index (χ1n) is 6.02. The zero-order valence-corrected chi connectivity index (χ0v) is 10.6. The van der Waals surface area contributed by atoms with E-state index < -0.39 is 0 Å². The summed E-state index contributed by atoms with van der Waals surface area (Å²) in [5, 5.41) is 18.7. The van der Waals surface area contributed by atoms with E-state index in [1.54, 1.807) is 4.90 Å². The second-order valence-electron chi connectivity index (χ2n) is 4.09. The molecule has 0 unspecified atom stereocenters. The van der Waals surface area contributed by atoms with Crippen LogP contribution in [0.5, 0.6) is 11.5 Å². The Bertz CT molecular complexity index is 581. The monoisotopic (exact) mass is 257 g/mol. The summed E-state index contributed by atoms with van der Waals surface area (Å²) in [5.74, 6) is -0.752. The molecule has 19 heavy (non-hydrogen) atoms. The fourth-order valence-corrected chi connectivity index (χ4v) is 1.86. The van der Waals surface area contributed by atoms with Gasteiger partial charge in [0.2, 0.25) is 0 Å². The van der Waals surface area contributed by atoms with E-state index in [1.165, 1.54) is 18.2 Å². The third kappa shape index (κ3) is 2.68. The van der Waals surface area contributed by atoms with Crippen molar-refractivity contribution in [3.8, 4) is 11.5 Å². The summed E-state index contributed by atoms with van der Waals surface area (Å²) in [6.45, 7) is 2.40. The molecule has 0 aromatic heterocycles. The molecule has 1 amide bonds. The molecule has 2 N–H and O–H groups in total. The van der Waals surface area contributed by atoms with Gasteiger partial charge in [0.25, 0.3) is 5.91 Å². The third-order valence-corrected chi connectivity index (χ3v) is 2.85. The average Bonchev–Trinajstić information content (AvgIpc) is 2.44. The highest BCUT2D eigenvalue weighted by molar-refractivity contribution is 6.06. The number of carbonyl (C=O) groups excluding carboxylic acids is 1. The Morgan fingerprint density at radius 3 is 2.32 bits per heavy atom. The van der Waals surface area contributed by atoms with Crippen LogP contribution < -0.4 is 4.90 Å². The van der Waals surface area contributed by atoms with Crippen LogP contribution in [0, 0.1) is 0 Å². The van der Waals surface area contributed by atoms with Crippen molar-refractivity contribution in [1.29, 1.82) is 0 Å². The summed E-state index contributed by atoms with van der Waals surface area (Å²) in [6.07, 6.45) is 0. The Kier molecular flexibility index (Phi) is 3.71. The molecule has 4 heteroatoms. The lowest BCUT2D eigenvalue weighted by atomic mass is 10.1. The smallest absolute Gasteiger partial charge is 0.258 e. The Morgan fingerprint density at radius 1 is 1.05 bits per heavy atom. The highest BCUT2D eigenvalue weighted by Crippen LogP contribution is 2.26. The van der Waals surface area contributed by atoms with Gasteiger partial charge in [-0.05, 0) is 37.3 Å². The van der Waals surface area contributed by atoms with E-state index in [-0.39, 0.29) is 17.4 Å². The van der Waals surface area contributed by atoms with E-state index in [0.717, 1.165) is 5.69 Å². The van der Waals surface area contributed by atoms with Gasteiger partial charge in [0.1, 0.15) is 0 Å². The number of phenolic OH excluding ortho intramolecular Hbond substituents is 2. The van der Waals surface area contributed by atoms with Crippen LogP contribution in [-0.4, -0.2) is 22.7 Å². The van der Waals surface area contributed by atoms with Crippen LogP contribution in [0.25, 0.3) is 0 Å². The van der Waals surface area contributed by atoms with E-state index in [9.17, 15) is 15.0 Å². The number of para-hydroxylation sites is 1. The van der Waals surface area contributed by atoms with Crippen LogP contribution >= 0.6 is 0 Å². The minimum Gasteiger partial charge on any atom is -0.504 e. The molecule has 2 aromatic carbocycles. The van der Waals surface area contributed by atoms with Crippen LogP contribution in [0.4, 0.5) is 5.69 Å². The van der Waals surface area contributed by atoms with Gasteiger partial charge in [-0.25, -0.2) is 0 Å². The SMILES string of the molecule is CCN(C(=O)c1ccc(O)c(O)c1)c1ccccc1. The molecule has 0 heterocycles. The van der Waals surface area contributed by atoms with E-state index in [2.05, 4.69) is 0 Å². The molecule has 98 valence electrons. The zero-order chi connectivity index (χ0) is 13.8. The third-order valence-electron chi connectivity index (χ3n) is 2.85. The molecule has 0 aliphatic heterocycles. The maximum atomic E-state index is 12.4. The minimum absolute atomic E-state index is 0.219. The van der Waals surface area contributed by atoms with Crippen LogP contribution in [-0.2, 0) is 0 Å². The van der Waals surface area contributed by atoms with Gasteiger partial charge in [0.05, 0.1) is 0 Å². The second kappa shape index (κ2) is 5.44. The van der Waals surface area contributed by atoms with Crippen molar-refractivity contribution in [2.75, 3.05) is 11.4 Å². The number of phenols is 2. The lowest BCUT2D eigenvalue weighted by molar-refractivity contribution is 0.0988. The first-order chi connectivity index (χ1) is 9.13. The maximum Gasteiger partial charge on any atom is 0.258 e. The molecule has 0 aliphatic carbocycles. The largest absolute Gasteiger partial charge is 0.504 e. The van der Waals surface area contributed by atoms with Crippen molar-refractivity contribution in [3.63, 3.8) is 0 Å². The van der Waals surface area contributed by atoms with Crippen molar-refractivity contribution in [3.05, 3.63) is 54.1 Å². The van der Waals surface area contributed by atoms with Gasteiger partial charge in [-0.3, -0.25) is 4.79 Å². The standard InChI is InChI=1S/C15H15NO3/c1-2-16(12-6-4-3-5-7-12)15(19)11-8-9-13(17)14(18)10-11/h3-10,17-18H,2H2,1H3. The summed E-state index contributed by atoms with van der Waals surface area (Å²) in [7, 11) is 0. The first-order valence-corrected chi connectivity index (χ1v) is 6.02. The van der Waals surface area contributed by atoms with Crippen LogP contribution in [0.15, 0.2) is 48.5 Å². The van der Waals surface area contributed by atoms with E-state index in [4.69, 9.17) is 0 Å². The van der Waals surface area contributed by atoms with Crippen molar-refractivity contribution < 1.29 is 15.0 Å². The number of anilines is 1. The van der Waals surface area contributed by atoms with E-state index >= 15 is 0 Å². The van der Waals surface area contributed by atoms with Gasteiger partial charge in [-0.2, -0.15) is 0 Å². The second-order valence-corrected chi connectivity index (χ2v) is 4.09. The van der Waals surface area contributed by atoms with Crippen LogP contribution in [0.1, 0.15) is 17.3 Å². The number of aromatic hydroxyl groups is 2. The summed E-state index contributed by atoms with van der Waals surface area (Å²) >= 11 is 0. The highest BCUT2D eigenvalue weighted by Gasteiger charge is 2.16. The number of benzene rings is 2. The van der Waals surface area contributed by atoms with Gasteiger partial charge in [0, 0.05) is 17.8 Å². The number of rotatable bonds is 3. The number of nitrogens with zero attached hydrogens (tertiary/aromatic N) is 1. The molecule has 0 saturated heterocycles. The molecule has 0 spiro atoms. The maximum absolute atomic E-state index is 12.4. The normalized spacial score (nSPS) is 10.2. The number of hydrogen-bond donors (Lipinski definition) is 2. The lowest BCUT2D eigenvalue weighted by Crippen LogP contribution is -2.30. The molecule has 0 bridgehead atoms. The molecular formula is C15H15NO3. The van der Waals surface area contributed by atoms with E-state index in [0.29, 0.717) is 12.1 Å². The fraction of sp³-hybridized carbons (Fsp3) is 0.133. The summed E-state index contributed by atoms with van der Waals surface area (Å²) in [5.41, 5.74) is 1.13. The molecule has 0 fully saturated rings. The van der Waals surface area contributed by atoms with Gasteiger partial charge >= 0.3 is 0 Å². The molecule has 0 radical (unpaired) electrons. The molecule has 0 aliphatic rings. The topological polar surface area (TPSA) is 60.8 Å². The van der Waals surface area contributed by atoms with Crippen LogP contribution in [0.2, 0.25) is 0 Å². The Morgan fingerprint density at radius 2 is 1.74 bits per heavy atom. The van der Waals surface area contributed by atoms with Gasteiger partial charge in [-0.15, -0.1) is 0 Å². The Hall–Kier alpha value is -2.49. The molecule has 4 nitrogen and oxygen atoms in total. The predicted molar refractivity (Wildman–Crippen MR) is 73.6 cm³/mol. The van der Waals surface area contributed by atoms with Crippen LogP contribution in [0.3, 0.4) is 0 Å². The zero-order valence-electron chi connectivity index (χ0n) is 10.6. The Labute approximate surface area is 111 Å². The number of amides is 1. The average molecular weight is 257 g/mol. The fourth-order valence-electron chi connectivity index (χ4n) is 1.86. The lowest BCUT2D eigenvalue weighted by Gasteiger charge is -2.21. The minimum atomic E-state index is -0.296. The molecular weight excluding hydrogens is 242 g/mol. The highest BCUT2D eigenvalue weighted by atomic mass is 16.3. The number of carbonyl (C=O) groups is 1. The summed E-state index contributed by atoms with van der Waals surface area (Å²) < 4.78 is 0. The van der Waals surface area contributed by atoms with Crippen molar-refractivity contribution >= 4 is 11.6 Å². The van der Waals surface area contributed by atoms with Gasteiger partial charge < -0.3 is 15.1 Å².